The summed E-state index contributed by atoms with van der Waals surface area (Å²) in [5.41, 5.74) is 3.81. The number of amides is 1. The molecule has 6 heteroatoms. The number of likely N-dealkylation sites (tertiary alicyclic amines) is 1. The van der Waals surface area contributed by atoms with Crippen LogP contribution in [0.5, 0.6) is 0 Å². The summed E-state index contributed by atoms with van der Waals surface area (Å²) in [5.74, 6) is 0.625. The van der Waals surface area contributed by atoms with Gasteiger partial charge in [-0.2, -0.15) is 0 Å². The third kappa shape index (κ3) is 4.64. The molecule has 1 amide bonds. The number of nitrogens with one attached hydrogen (secondary N) is 1. The molecule has 0 spiro atoms. The van der Waals surface area contributed by atoms with Gasteiger partial charge >= 0.3 is 0 Å². The number of hydrogen-bond donors (Lipinski definition) is 1. The van der Waals surface area contributed by atoms with E-state index in [1.165, 1.54) is 5.56 Å². The van der Waals surface area contributed by atoms with Crippen LogP contribution in [0.15, 0.2) is 59.0 Å². The number of furan rings is 1. The monoisotopic (exact) mass is 447 g/mol. The van der Waals surface area contributed by atoms with Gasteiger partial charge in [-0.3, -0.25) is 9.69 Å². The van der Waals surface area contributed by atoms with Crippen molar-refractivity contribution in [2.75, 3.05) is 19.6 Å². The smallest absolute Gasteiger partial charge is 0.287 e. The SMILES string of the molecule is Cc1ccc2cc3cc(C(=O)NCC4CCN(Cc5ccc(Cl)cc5)CC4)oc3nc2c1. The summed E-state index contributed by atoms with van der Waals surface area (Å²) < 4.78 is 5.77. The fourth-order valence-corrected chi connectivity index (χ4v) is 4.49. The molecule has 1 aliphatic heterocycles. The van der Waals surface area contributed by atoms with Crippen molar-refractivity contribution in [1.29, 1.82) is 0 Å². The molecule has 1 N–H and O–H groups in total. The molecule has 3 heterocycles. The molecule has 164 valence electrons. The van der Waals surface area contributed by atoms with Crippen molar-refractivity contribution in [3.05, 3.63) is 76.5 Å². The second kappa shape index (κ2) is 8.93. The first-order valence-corrected chi connectivity index (χ1v) is 11.5. The number of piperidine rings is 1. The number of hydrogen-bond acceptors (Lipinski definition) is 4. The molecule has 0 bridgehead atoms. The quantitative estimate of drug-likeness (QED) is 0.433. The first-order valence-electron chi connectivity index (χ1n) is 11.1. The molecule has 2 aromatic heterocycles. The highest BCUT2D eigenvalue weighted by atomic mass is 35.5. The lowest BCUT2D eigenvalue weighted by Crippen LogP contribution is -2.38. The number of nitrogens with zero attached hydrogens (tertiary/aromatic N) is 2. The summed E-state index contributed by atoms with van der Waals surface area (Å²) in [4.78, 5) is 19.7. The molecule has 32 heavy (non-hydrogen) atoms. The number of rotatable bonds is 5. The van der Waals surface area contributed by atoms with Gasteiger partial charge in [-0.15, -0.1) is 0 Å². The van der Waals surface area contributed by atoms with Crippen LogP contribution in [-0.2, 0) is 6.54 Å². The van der Waals surface area contributed by atoms with Crippen molar-refractivity contribution < 1.29 is 9.21 Å². The molecule has 0 atom stereocenters. The molecule has 5 rings (SSSR count). The Hall–Kier alpha value is -2.89. The second-order valence-corrected chi connectivity index (χ2v) is 9.18. The number of pyridine rings is 1. The van der Waals surface area contributed by atoms with E-state index >= 15 is 0 Å². The van der Waals surface area contributed by atoms with E-state index in [9.17, 15) is 4.79 Å². The van der Waals surface area contributed by atoms with E-state index in [-0.39, 0.29) is 5.91 Å². The van der Waals surface area contributed by atoms with Gasteiger partial charge in [0, 0.05) is 28.9 Å². The molecular weight excluding hydrogens is 422 g/mol. The number of aromatic nitrogens is 1. The summed E-state index contributed by atoms with van der Waals surface area (Å²) in [5, 5.41) is 5.72. The third-order valence-electron chi connectivity index (χ3n) is 6.26. The van der Waals surface area contributed by atoms with Crippen LogP contribution < -0.4 is 5.32 Å². The number of fused-ring (bicyclic) bond motifs is 2. The van der Waals surface area contributed by atoms with Gasteiger partial charge in [0.2, 0.25) is 5.71 Å². The number of carbonyl (C=O) groups is 1. The van der Waals surface area contributed by atoms with Crippen LogP contribution in [0, 0.1) is 12.8 Å². The standard InChI is InChI=1S/C26H26ClN3O2/c1-17-2-5-20-13-21-14-24(32-26(21)29-23(20)12-17)25(31)28-15-18-8-10-30(11-9-18)16-19-3-6-22(27)7-4-19/h2-7,12-14,18H,8-11,15-16H2,1H3,(H,28,31). The fraction of sp³-hybridized carbons (Fsp3) is 0.308. The zero-order valence-corrected chi connectivity index (χ0v) is 18.9. The van der Waals surface area contributed by atoms with Crippen LogP contribution in [0.4, 0.5) is 0 Å². The molecule has 1 aliphatic rings. The Morgan fingerprint density at radius 1 is 1.09 bits per heavy atom. The maximum Gasteiger partial charge on any atom is 0.287 e. The fourth-order valence-electron chi connectivity index (χ4n) is 4.37. The highest BCUT2D eigenvalue weighted by Gasteiger charge is 2.21. The highest BCUT2D eigenvalue weighted by molar-refractivity contribution is 6.30. The molecule has 1 fully saturated rings. The predicted molar refractivity (Wildman–Crippen MR) is 128 cm³/mol. The van der Waals surface area contributed by atoms with E-state index in [1.807, 2.05) is 37.3 Å². The van der Waals surface area contributed by atoms with Crippen molar-refractivity contribution in [3.63, 3.8) is 0 Å². The lowest BCUT2D eigenvalue weighted by Gasteiger charge is -2.32. The molecule has 5 nitrogen and oxygen atoms in total. The van der Waals surface area contributed by atoms with E-state index in [0.717, 1.165) is 59.4 Å². The number of halogens is 1. The molecule has 0 unspecified atom stereocenters. The Morgan fingerprint density at radius 3 is 2.66 bits per heavy atom. The Labute approximate surface area is 192 Å². The van der Waals surface area contributed by atoms with E-state index in [1.54, 1.807) is 6.07 Å². The molecule has 0 aliphatic carbocycles. The lowest BCUT2D eigenvalue weighted by molar-refractivity contribution is 0.0909. The van der Waals surface area contributed by atoms with Gasteiger partial charge in [-0.1, -0.05) is 35.9 Å². The summed E-state index contributed by atoms with van der Waals surface area (Å²) in [7, 11) is 0. The Morgan fingerprint density at radius 2 is 1.88 bits per heavy atom. The molecule has 4 aromatic rings. The van der Waals surface area contributed by atoms with Gasteiger partial charge in [0.25, 0.3) is 5.91 Å². The van der Waals surface area contributed by atoms with E-state index in [0.29, 0.717) is 23.9 Å². The van der Waals surface area contributed by atoms with Gasteiger partial charge in [-0.25, -0.2) is 4.98 Å². The van der Waals surface area contributed by atoms with Crippen molar-refractivity contribution >= 4 is 39.5 Å². The van der Waals surface area contributed by atoms with Gasteiger partial charge in [0.15, 0.2) is 5.76 Å². The minimum Gasteiger partial charge on any atom is -0.433 e. The van der Waals surface area contributed by atoms with Crippen LogP contribution in [0.2, 0.25) is 5.02 Å². The number of benzene rings is 2. The molecule has 1 saturated heterocycles. The number of aryl methyl sites for hydroxylation is 1. The van der Waals surface area contributed by atoms with Crippen molar-refractivity contribution in [1.82, 2.24) is 15.2 Å². The first-order chi connectivity index (χ1) is 15.5. The van der Waals surface area contributed by atoms with Crippen LogP contribution in [0.25, 0.3) is 22.0 Å². The van der Waals surface area contributed by atoms with Gasteiger partial charge in [0.1, 0.15) is 0 Å². The second-order valence-electron chi connectivity index (χ2n) is 8.75. The normalized spacial score (nSPS) is 15.4. The average Bonchev–Trinajstić information content (AvgIpc) is 3.21. The van der Waals surface area contributed by atoms with Gasteiger partial charge in [-0.05, 0) is 80.2 Å². The molecule has 2 aromatic carbocycles. The lowest BCUT2D eigenvalue weighted by atomic mass is 9.96. The van der Waals surface area contributed by atoms with Crippen molar-refractivity contribution in [2.24, 2.45) is 5.92 Å². The summed E-state index contributed by atoms with van der Waals surface area (Å²) in [6, 6.07) is 18.0. The Balaban J connectivity index is 1.16. The average molecular weight is 448 g/mol. The maximum absolute atomic E-state index is 12.7. The van der Waals surface area contributed by atoms with Crippen LogP contribution >= 0.6 is 11.6 Å². The summed E-state index contributed by atoms with van der Waals surface area (Å²) >= 11 is 5.97. The van der Waals surface area contributed by atoms with Crippen LogP contribution in [-0.4, -0.2) is 35.4 Å². The van der Waals surface area contributed by atoms with E-state index < -0.39 is 0 Å². The zero-order valence-electron chi connectivity index (χ0n) is 18.1. The molecule has 0 radical (unpaired) electrons. The van der Waals surface area contributed by atoms with Crippen molar-refractivity contribution in [2.45, 2.75) is 26.3 Å². The highest BCUT2D eigenvalue weighted by Crippen LogP contribution is 2.24. The minimum absolute atomic E-state index is 0.174. The zero-order chi connectivity index (χ0) is 22.1. The molecular formula is C26H26ClN3O2. The van der Waals surface area contributed by atoms with E-state index in [4.69, 9.17) is 16.0 Å². The van der Waals surface area contributed by atoms with Gasteiger partial charge < -0.3 is 9.73 Å². The van der Waals surface area contributed by atoms with E-state index in [2.05, 4.69) is 33.4 Å². The first kappa shape index (κ1) is 21.0. The summed E-state index contributed by atoms with van der Waals surface area (Å²) in [6.07, 6.45) is 2.14. The van der Waals surface area contributed by atoms with Gasteiger partial charge in [0.05, 0.1) is 5.52 Å². The van der Waals surface area contributed by atoms with Crippen LogP contribution in [0.1, 0.15) is 34.5 Å². The summed E-state index contributed by atoms with van der Waals surface area (Å²) in [6.45, 7) is 5.71. The van der Waals surface area contributed by atoms with Crippen molar-refractivity contribution in [3.8, 4) is 0 Å². The topological polar surface area (TPSA) is 58.4 Å². The predicted octanol–water partition coefficient (Wildman–Crippen LogP) is 5.58. The maximum atomic E-state index is 12.7. The Bertz CT molecular complexity index is 1260. The van der Waals surface area contributed by atoms with Crippen LogP contribution in [0.3, 0.4) is 0 Å². The Kier molecular flexibility index (Phi) is 5.85. The minimum atomic E-state index is -0.174. The third-order valence-corrected chi connectivity index (χ3v) is 6.51. The number of carbonyl (C=O) groups excluding carboxylic acids is 1. The largest absolute Gasteiger partial charge is 0.433 e. The molecule has 0 saturated carbocycles.